The molecule has 2 saturated heterocycles. The predicted octanol–water partition coefficient (Wildman–Crippen LogP) is 3.41. The molecule has 108 valence electrons. The van der Waals surface area contributed by atoms with E-state index in [2.05, 4.69) is 34.5 Å². The van der Waals surface area contributed by atoms with Crippen molar-refractivity contribution in [3.63, 3.8) is 0 Å². The summed E-state index contributed by atoms with van der Waals surface area (Å²) >= 11 is 0. The van der Waals surface area contributed by atoms with E-state index in [-0.39, 0.29) is 11.4 Å². The van der Waals surface area contributed by atoms with Gasteiger partial charge in [0.1, 0.15) is 5.54 Å². The number of rotatable bonds is 2. The number of carbonyl (C=O) groups is 1. The average Bonchev–Trinajstić information content (AvgIpc) is 3.07. The molecule has 1 N–H and O–H groups in total. The lowest BCUT2D eigenvalue weighted by Crippen LogP contribution is -2.48. The molecule has 0 unspecified atom stereocenters. The van der Waals surface area contributed by atoms with E-state index in [4.69, 9.17) is 0 Å². The molecule has 21 heavy (non-hydrogen) atoms. The summed E-state index contributed by atoms with van der Waals surface area (Å²) in [6, 6.07) is 14.4. The molecule has 1 amide bonds. The smallest absolute Gasteiger partial charge is 0.244 e. The number of nitrogens with zero attached hydrogens (tertiary/aromatic N) is 1. The minimum absolute atomic E-state index is 0.188. The van der Waals surface area contributed by atoms with Gasteiger partial charge in [0.2, 0.25) is 5.91 Å². The molecule has 4 rings (SSSR count). The number of hydrogen-bond donors (Lipinski definition) is 1. The van der Waals surface area contributed by atoms with Crippen molar-refractivity contribution in [3.8, 4) is 0 Å². The Balaban J connectivity index is 1.61. The molecule has 2 fully saturated rings. The first kappa shape index (κ1) is 12.8. The van der Waals surface area contributed by atoms with E-state index >= 15 is 0 Å². The van der Waals surface area contributed by atoms with Crippen LogP contribution >= 0.6 is 0 Å². The number of anilines is 1. The average molecular weight is 280 g/mol. The van der Waals surface area contributed by atoms with Crippen molar-refractivity contribution in [2.75, 3.05) is 18.4 Å². The van der Waals surface area contributed by atoms with E-state index in [9.17, 15) is 4.79 Å². The topological polar surface area (TPSA) is 32.3 Å². The van der Waals surface area contributed by atoms with Crippen LogP contribution in [0.3, 0.4) is 0 Å². The van der Waals surface area contributed by atoms with Gasteiger partial charge in [-0.25, -0.2) is 0 Å². The van der Waals surface area contributed by atoms with Crippen LogP contribution in [0.2, 0.25) is 0 Å². The highest BCUT2D eigenvalue weighted by atomic mass is 16.2. The summed E-state index contributed by atoms with van der Waals surface area (Å²) in [5.41, 5.74) is 0.679. The van der Waals surface area contributed by atoms with E-state index in [0.29, 0.717) is 0 Å². The highest BCUT2D eigenvalue weighted by molar-refractivity contribution is 6.00. The third-order valence-electron chi connectivity index (χ3n) is 5.07. The molecule has 0 saturated carbocycles. The van der Waals surface area contributed by atoms with Gasteiger partial charge in [-0.05, 0) is 61.7 Å². The van der Waals surface area contributed by atoms with Crippen LogP contribution in [-0.4, -0.2) is 29.4 Å². The Morgan fingerprint density at radius 3 is 2.48 bits per heavy atom. The fraction of sp³-hybridized carbons (Fsp3) is 0.389. The molecule has 0 bridgehead atoms. The molecule has 2 heterocycles. The molecular formula is C18H20N2O. The van der Waals surface area contributed by atoms with Crippen molar-refractivity contribution in [2.45, 2.75) is 31.2 Å². The summed E-state index contributed by atoms with van der Waals surface area (Å²) in [5, 5.41) is 5.53. The van der Waals surface area contributed by atoms with Gasteiger partial charge in [0, 0.05) is 5.69 Å². The molecule has 2 aromatic carbocycles. The first-order valence-electron chi connectivity index (χ1n) is 7.83. The second kappa shape index (κ2) is 4.85. The van der Waals surface area contributed by atoms with Crippen LogP contribution in [-0.2, 0) is 4.79 Å². The van der Waals surface area contributed by atoms with Gasteiger partial charge in [-0.3, -0.25) is 9.69 Å². The van der Waals surface area contributed by atoms with Crippen molar-refractivity contribution >= 4 is 22.4 Å². The number of amides is 1. The van der Waals surface area contributed by atoms with Crippen molar-refractivity contribution in [3.05, 3.63) is 42.5 Å². The SMILES string of the molecule is O=C(Nc1ccc2ccccc2c1)C12CCCN1CCC2. The van der Waals surface area contributed by atoms with Crippen LogP contribution < -0.4 is 5.32 Å². The van der Waals surface area contributed by atoms with Gasteiger partial charge < -0.3 is 5.32 Å². The summed E-state index contributed by atoms with van der Waals surface area (Å²) < 4.78 is 0. The normalized spacial score (nSPS) is 20.6. The Kier molecular flexibility index (Phi) is 2.96. The quantitative estimate of drug-likeness (QED) is 0.914. The van der Waals surface area contributed by atoms with Crippen LogP contribution in [0, 0.1) is 0 Å². The van der Waals surface area contributed by atoms with Crippen LogP contribution in [0.1, 0.15) is 25.7 Å². The second-order valence-corrected chi connectivity index (χ2v) is 6.24. The monoisotopic (exact) mass is 280 g/mol. The number of nitrogens with one attached hydrogen (secondary N) is 1. The Bertz CT molecular complexity index is 684. The van der Waals surface area contributed by atoms with Gasteiger partial charge >= 0.3 is 0 Å². The molecule has 2 aliphatic rings. The molecular weight excluding hydrogens is 260 g/mol. The third-order valence-corrected chi connectivity index (χ3v) is 5.07. The number of fused-ring (bicyclic) bond motifs is 2. The van der Waals surface area contributed by atoms with E-state index < -0.39 is 0 Å². The minimum atomic E-state index is -0.231. The predicted molar refractivity (Wildman–Crippen MR) is 85.3 cm³/mol. The van der Waals surface area contributed by atoms with Gasteiger partial charge in [0.25, 0.3) is 0 Å². The lowest BCUT2D eigenvalue weighted by molar-refractivity contribution is -0.125. The Hall–Kier alpha value is -1.87. The molecule has 2 aliphatic heterocycles. The molecule has 2 aromatic rings. The first-order valence-corrected chi connectivity index (χ1v) is 7.83. The van der Waals surface area contributed by atoms with E-state index in [1.54, 1.807) is 0 Å². The van der Waals surface area contributed by atoms with Gasteiger partial charge in [-0.1, -0.05) is 30.3 Å². The fourth-order valence-corrected chi connectivity index (χ4v) is 3.99. The standard InChI is InChI=1S/C18H20N2O/c21-17(18-9-3-11-20(18)12-4-10-18)19-16-8-7-14-5-1-2-6-15(14)13-16/h1-2,5-8,13H,3-4,9-12H2,(H,19,21). The lowest BCUT2D eigenvalue weighted by atomic mass is 9.93. The maximum Gasteiger partial charge on any atom is 0.244 e. The molecule has 0 spiro atoms. The highest BCUT2D eigenvalue weighted by Gasteiger charge is 2.49. The zero-order valence-corrected chi connectivity index (χ0v) is 12.1. The zero-order chi connectivity index (χ0) is 14.3. The van der Waals surface area contributed by atoms with Crippen molar-refractivity contribution < 1.29 is 4.79 Å². The molecule has 0 aromatic heterocycles. The molecule has 0 radical (unpaired) electrons. The minimum Gasteiger partial charge on any atom is -0.324 e. The largest absolute Gasteiger partial charge is 0.324 e. The second-order valence-electron chi connectivity index (χ2n) is 6.24. The summed E-state index contributed by atoms with van der Waals surface area (Å²) in [5.74, 6) is 0.188. The zero-order valence-electron chi connectivity index (χ0n) is 12.1. The van der Waals surface area contributed by atoms with E-state index in [1.807, 2.05) is 18.2 Å². The third kappa shape index (κ3) is 2.04. The molecule has 3 nitrogen and oxygen atoms in total. The Labute approximate surface area is 124 Å². The van der Waals surface area contributed by atoms with Gasteiger partial charge in [0.15, 0.2) is 0 Å². The van der Waals surface area contributed by atoms with Gasteiger partial charge in [-0.15, -0.1) is 0 Å². The van der Waals surface area contributed by atoms with Crippen LogP contribution in [0.25, 0.3) is 10.8 Å². The summed E-state index contributed by atoms with van der Waals surface area (Å²) in [4.78, 5) is 15.2. The molecule has 0 atom stereocenters. The highest BCUT2D eigenvalue weighted by Crippen LogP contribution is 2.39. The van der Waals surface area contributed by atoms with Crippen LogP contribution in [0.15, 0.2) is 42.5 Å². The summed E-state index contributed by atoms with van der Waals surface area (Å²) in [6.45, 7) is 2.15. The first-order chi connectivity index (χ1) is 10.3. The van der Waals surface area contributed by atoms with Crippen molar-refractivity contribution in [1.29, 1.82) is 0 Å². The van der Waals surface area contributed by atoms with Crippen LogP contribution in [0.4, 0.5) is 5.69 Å². The number of carbonyl (C=O) groups excluding carboxylic acids is 1. The molecule has 0 aliphatic carbocycles. The van der Waals surface area contributed by atoms with E-state index in [0.717, 1.165) is 44.5 Å². The number of hydrogen-bond acceptors (Lipinski definition) is 2. The Morgan fingerprint density at radius 2 is 1.71 bits per heavy atom. The van der Waals surface area contributed by atoms with Crippen molar-refractivity contribution in [1.82, 2.24) is 4.90 Å². The summed E-state index contributed by atoms with van der Waals surface area (Å²) in [6.07, 6.45) is 4.30. The lowest BCUT2D eigenvalue weighted by Gasteiger charge is -2.30. The van der Waals surface area contributed by atoms with Crippen LogP contribution in [0.5, 0.6) is 0 Å². The maximum atomic E-state index is 12.8. The van der Waals surface area contributed by atoms with Crippen molar-refractivity contribution in [2.24, 2.45) is 0 Å². The summed E-state index contributed by atoms with van der Waals surface area (Å²) in [7, 11) is 0. The number of benzene rings is 2. The van der Waals surface area contributed by atoms with Gasteiger partial charge in [-0.2, -0.15) is 0 Å². The molecule has 3 heteroatoms. The maximum absolute atomic E-state index is 12.8. The Morgan fingerprint density at radius 1 is 1.00 bits per heavy atom. The van der Waals surface area contributed by atoms with E-state index in [1.165, 1.54) is 10.8 Å². The van der Waals surface area contributed by atoms with Gasteiger partial charge in [0.05, 0.1) is 0 Å². The fourth-order valence-electron chi connectivity index (χ4n) is 3.99.